The highest BCUT2D eigenvalue weighted by atomic mass is 32.2. The third-order valence-corrected chi connectivity index (χ3v) is 5.95. The van der Waals surface area contributed by atoms with Crippen LogP contribution in [0.1, 0.15) is 12.0 Å². The maximum Gasteiger partial charge on any atom is 0.258 e. The van der Waals surface area contributed by atoms with Crippen molar-refractivity contribution in [2.45, 2.75) is 12.0 Å². The van der Waals surface area contributed by atoms with Crippen molar-refractivity contribution in [1.82, 2.24) is 10.2 Å². The summed E-state index contributed by atoms with van der Waals surface area (Å²) in [5, 5.41) is 11.9. The maximum atomic E-state index is 12.2. The quantitative estimate of drug-likeness (QED) is 0.822. The fourth-order valence-electron chi connectivity index (χ4n) is 3.25. The highest BCUT2D eigenvalue weighted by molar-refractivity contribution is 7.99. The summed E-state index contributed by atoms with van der Waals surface area (Å²) in [5.74, 6) is 2.57. The number of thioether (sulfide) groups is 1. The lowest BCUT2D eigenvalue weighted by Gasteiger charge is -2.43. The third-order valence-electron chi connectivity index (χ3n) is 4.71. The van der Waals surface area contributed by atoms with Crippen molar-refractivity contribution in [2.75, 3.05) is 51.0 Å². The van der Waals surface area contributed by atoms with Gasteiger partial charge in [-0.3, -0.25) is 9.69 Å². The summed E-state index contributed by atoms with van der Waals surface area (Å²) in [6.45, 7) is 3.97. The second-order valence-corrected chi connectivity index (χ2v) is 7.44. The van der Waals surface area contributed by atoms with Crippen molar-refractivity contribution in [3.05, 3.63) is 29.8 Å². The predicted molar refractivity (Wildman–Crippen MR) is 96.7 cm³/mol. The third kappa shape index (κ3) is 4.66. The van der Waals surface area contributed by atoms with Gasteiger partial charge in [-0.05, 0) is 30.4 Å². The summed E-state index contributed by atoms with van der Waals surface area (Å²) in [5.41, 5.74) is 0.553. The fourth-order valence-corrected chi connectivity index (χ4v) is 4.73. The number of nitrogens with one attached hydrogen (secondary N) is 1. The average Bonchev–Trinajstić information content (AvgIpc) is 3.16. The Morgan fingerprint density at radius 3 is 3.00 bits per heavy atom. The van der Waals surface area contributed by atoms with E-state index in [4.69, 9.17) is 14.7 Å². The van der Waals surface area contributed by atoms with E-state index in [1.807, 2.05) is 11.8 Å². The summed E-state index contributed by atoms with van der Waals surface area (Å²) >= 11 is 1.95. The minimum atomic E-state index is -0.133. The zero-order chi connectivity index (χ0) is 17.5. The SMILES string of the molecule is N#Cc1cccc(OCC(=O)NCC2(N3CCOCC3)CCSC2)c1. The Labute approximate surface area is 152 Å². The van der Waals surface area contributed by atoms with Crippen LogP contribution in [0.5, 0.6) is 5.75 Å². The maximum absolute atomic E-state index is 12.2. The number of benzene rings is 1. The van der Waals surface area contributed by atoms with Crippen LogP contribution in [-0.4, -0.2) is 67.3 Å². The van der Waals surface area contributed by atoms with Gasteiger partial charge in [0.25, 0.3) is 5.91 Å². The van der Waals surface area contributed by atoms with E-state index in [2.05, 4.69) is 16.3 Å². The van der Waals surface area contributed by atoms with Crippen molar-refractivity contribution in [3.63, 3.8) is 0 Å². The van der Waals surface area contributed by atoms with Crippen LogP contribution in [0.25, 0.3) is 0 Å². The van der Waals surface area contributed by atoms with Gasteiger partial charge in [0, 0.05) is 30.9 Å². The topological polar surface area (TPSA) is 74.6 Å². The predicted octanol–water partition coefficient (Wildman–Crippen LogP) is 1.26. The number of carbonyl (C=O) groups is 1. The summed E-state index contributed by atoms with van der Waals surface area (Å²) in [6.07, 6.45) is 1.09. The van der Waals surface area contributed by atoms with Gasteiger partial charge in [-0.25, -0.2) is 0 Å². The Balaban J connectivity index is 1.50. The molecule has 2 saturated heterocycles. The standard InChI is InChI=1S/C18H23N3O3S/c19-11-15-2-1-3-16(10-15)24-12-17(22)20-13-18(4-9-25-14-18)21-5-7-23-8-6-21/h1-3,10H,4-9,12-14H2,(H,20,22). The molecule has 1 unspecified atom stereocenters. The number of ether oxygens (including phenoxy) is 2. The van der Waals surface area contributed by atoms with Crippen LogP contribution in [0, 0.1) is 11.3 Å². The molecule has 2 heterocycles. The first-order valence-electron chi connectivity index (χ1n) is 8.52. The molecule has 25 heavy (non-hydrogen) atoms. The van der Waals surface area contributed by atoms with Gasteiger partial charge in [-0.1, -0.05) is 6.07 Å². The Kier molecular flexibility index (Phi) is 6.19. The van der Waals surface area contributed by atoms with Crippen molar-refractivity contribution in [3.8, 4) is 11.8 Å². The zero-order valence-corrected chi connectivity index (χ0v) is 15.0. The van der Waals surface area contributed by atoms with Crippen molar-refractivity contribution in [1.29, 1.82) is 5.26 Å². The van der Waals surface area contributed by atoms with Crippen LogP contribution < -0.4 is 10.1 Å². The number of nitrogens with zero attached hydrogens (tertiary/aromatic N) is 2. The molecule has 0 saturated carbocycles. The van der Waals surface area contributed by atoms with Crippen LogP contribution in [0.15, 0.2) is 24.3 Å². The van der Waals surface area contributed by atoms with Gasteiger partial charge in [0.15, 0.2) is 6.61 Å². The number of morpholine rings is 1. The molecule has 0 spiro atoms. The number of carbonyl (C=O) groups excluding carboxylic acids is 1. The molecule has 7 heteroatoms. The molecule has 1 aromatic carbocycles. The Morgan fingerprint density at radius 1 is 1.44 bits per heavy atom. The number of amides is 1. The van der Waals surface area contributed by atoms with Crippen LogP contribution in [-0.2, 0) is 9.53 Å². The molecular weight excluding hydrogens is 338 g/mol. The second kappa shape index (κ2) is 8.56. The zero-order valence-electron chi connectivity index (χ0n) is 14.2. The van der Waals surface area contributed by atoms with E-state index in [0.717, 1.165) is 44.2 Å². The first kappa shape index (κ1) is 18.1. The fraction of sp³-hybridized carbons (Fsp3) is 0.556. The molecule has 1 aromatic rings. The molecule has 0 aliphatic carbocycles. The molecule has 1 atom stereocenters. The van der Waals surface area contributed by atoms with E-state index in [1.54, 1.807) is 24.3 Å². The van der Waals surface area contributed by atoms with Crippen LogP contribution in [0.4, 0.5) is 0 Å². The van der Waals surface area contributed by atoms with Gasteiger partial charge in [-0.15, -0.1) is 0 Å². The molecule has 134 valence electrons. The Bertz CT molecular complexity index is 635. The summed E-state index contributed by atoms with van der Waals surface area (Å²) in [4.78, 5) is 14.7. The Hall–Kier alpha value is -1.75. The number of rotatable bonds is 6. The second-order valence-electron chi connectivity index (χ2n) is 6.33. The molecule has 2 aliphatic heterocycles. The van der Waals surface area contributed by atoms with E-state index in [9.17, 15) is 4.79 Å². The molecule has 0 aromatic heterocycles. The lowest BCUT2D eigenvalue weighted by atomic mass is 9.95. The number of nitriles is 1. The van der Waals surface area contributed by atoms with Crippen molar-refractivity contribution in [2.24, 2.45) is 0 Å². The summed E-state index contributed by atoms with van der Waals surface area (Å²) in [7, 11) is 0. The molecule has 2 fully saturated rings. The van der Waals surface area contributed by atoms with E-state index >= 15 is 0 Å². The molecule has 1 amide bonds. The lowest BCUT2D eigenvalue weighted by Crippen LogP contribution is -2.59. The van der Waals surface area contributed by atoms with E-state index in [0.29, 0.717) is 17.9 Å². The van der Waals surface area contributed by atoms with Gasteiger partial charge in [0.05, 0.1) is 24.8 Å². The van der Waals surface area contributed by atoms with Crippen LogP contribution in [0.3, 0.4) is 0 Å². The summed E-state index contributed by atoms with van der Waals surface area (Å²) in [6, 6.07) is 8.89. The van der Waals surface area contributed by atoms with Crippen LogP contribution in [0.2, 0.25) is 0 Å². The van der Waals surface area contributed by atoms with Crippen LogP contribution >= 0.6 is 11.8 Å². The van der Waals surface area contributed by atoms with Gasteiger partial charge >= 0.3 is 0 Å². The molecule has 3 rings (SSSR count). The smallest absolute Gasteiger partial charge is 0.258 e. The monoisotopic (exact) mass is 361 g/mol. The number of hydrogen-bond donors (Lipinski definition) is 1. The largest absolute Gasteiger partial charge is 0.484 e. The van der Waals surface area contributed by atoms with Crippen molar-refractivity contribution >= 4 is 17.7 Å². The minimum absolute atomic E-state index is 0.0326. The molecule has 2 aliphatic rings. The van der Waals surface area contributed by atoms with E-state index in [-0.39, 0.29) is 18.1 Å². The van der Waals surface area contributed by atoms with Gasteiger partial charge in [0.1, 0.15) is 5.75 Å². The molecule has 6 nitrogen and oxygen atoms in total. The van der Waals surface area contributed by atoms with Crippen molar-refractivity contribution < 1.29 is 14.3 Å². The minimum Gasteiger partial charge on any atom is -0.484 e. The molecular formula is C18H23N3O3S. The number of hydrogen-bond acceptors (Lipinski definition) is 6. The highest BCUT2D eigenvalue weighted by Gasteiger charge is 2.40. The van der Waals surface area contributed by atoms with E-state index in [1.165, 1.54) is 0 Å². The highest BCUT2D eigenvalue weighted by Crippen LogP contribution is 2.33. The molecule has 0 bridgehead atoms. The first-order valence-corrected chi connectivity index (χ1v) is 9.68. The average molecular weight is 361 g/mol. The first-order chi connectivity index (χ1) is 12.2. The van der Waals surface area contributed by atoms with Gasteiger partial charge in [0.2, 0.25) is 0 Å². The molecule has 0 radical (unpaired) electrons. The van der Waals surface area contributed by atoms with Gasteiger partial charge in [-0.2, -0.15) is 17.0 Å². The van der Waals surface area contributed by atoms with Gasteiger partial charge < -0.3 is 14.8 Å². The van der Waals surface area contributed by atoms with E-state index < -0.39 is 0 Å². The normalized spacial score (nSPS) is 23.8. The summed E-state index contributed by atoms with van der Waals surface area (Å²) < 4.78 is 11.0. The Morgan fingerprint density at radius 2 is 2.28 bits per heavy atom. The molecule has 1 N–H and O–H groups in total. The lowest BCUT2D eigenvalue weighted by molar-refractivity contribution is -0.123.